The van der Waals surface area contributed by atoms with E-state index in [1.807, 2.05) is 50.5 Å². The number of aryl methyl sites for hydroxylation is 2. The van der Waals surface area contributed by atoms with Gasteiger partial charge in [0.15, 0.2) is 5.11 Å². The highest BCUT2D eigenvalue weighted by Gasteiger charge is 1.99. The van der Waals surface area contributed by atoms with E-state index in [0.717, 1.165) is 16.9 Å². The fourth-order valence-electron chi connectivity index (χ4n) is 1.59. The Balaban J connectivity index is 1.88. The summed E-state index contributed by atoms with van der Waals surface area (Å²) in [6, 6.07) is 9.69. The minimum atomic E-state index is 0.448. The number of hydrazone groups is 1. The summed E-state index contributed by atoms with van der Waals surface area (Å²) in [7, 11) is 1.87. The molecule has 0 atom stereocenters. The summed E-state index contributed by atoms with van der Waals surface area (Å²) >= 11 is 5.13. The Morgan fingerprint density at radius 3 is 2.74 bits per heavy atom. The Morgan fingerprint density at radius 1 is 1.37 bits per heavy atom. The van der Waals surface area contributed by atoms with Crippen molar-refractivity contribution in [3.8, 4) is 0 Å². The van der Waals surface area contributed by atoms with Crippen LogP contribution in [0.25, 0.3) is 0 Å². The van der Waals surface area contributed by atoms with Crippen molar-refractivity contribution in [2.24, 2.45) is 12.1 Å². The van der Waals surface area contributed by atoms with Gasteiger partial charge >= 0.3 is 0 Å². The van der Waals surface area contributed by atoms with E-state index in [1.54, 1.807) is 10.9 Å². The largest absolute Gasteiger partial charge is 0.331 e. The van der Waals surface area contributed by atoms with E-state index in [-0.39, 0.29) is 0 Å². The Kier molecular flexibility index (Phi) is 4.25. The van der Waals surface area contributed by atoms with Gasteiger partial charge in [0.1, 0.15) is 0 Å². The fraction of sp³-hybridized carbons (Fsp3) is 0.154. The van der Waals surface area contributed by atoms with Crippen molar-refractivity contribution in [2.45, 2.75) is 6.92 Å². The summed E-state index contributed by atoms with van der Waals surface area (Å²) < 4.78 is 1.75. The Morgan fingerprint density at radius 2 is 2.11 bits per heavy atom. The van der Waals surface area contributed by atoms with Gasteiger partial charge in [-0.1, -0.05) is 18.2 Å². The zero-order chi connectivity index (χ0) is 13.7. The van der Waals surface area contributed by atoms with Gasteiger partial charge in [0.2, 0.25) is 0 Å². The SMILES string of the molecule is Cc1nn(C)cc1/C=N\NC(=S)Nc1ccccc1. The summed E-state index contributed by atoms with van der Waals surface area (Å²) in [4.78, 5) is 0. The molecule has 1 aromatic carbocycles. The molecule has 0 aliphatic carbocycles. The highest BCUT2D eigenvalue weighted by atomic mass is 32.1. The van der Waals surface area contributed by atoms with Crippen LogP contribution in [-0.2, 0) is 7.05 Å². The predicted octanol–water partition coefficient (Wildman–Crippen LogP) is 2.05. The third-order valence-corrected chi connectivity index (χ3v) is 2.65. The van der Waals surface area contributed by atoms with Crippen molar-refractivity contribution in [2.75, 3.05) is 5.32 Å². The molecule has 1 aromatic heterocycles. The number of nitrogens with zero attached hydrogens (tertiary/aromatic N) is 3. The molecule has 2 aromatic rings. The molecule has 0 aliphatic heterocycles. The quantitative estimate of drug-likeness (QED) is 0.510. The second-order valence-corrected chi connectivity index (χ2v) is 4.44. The molecule has 0 bridgehead atoms. The van der Waals surface area contributed by atoms with E-state index in [0.29, 0.717) is 5.11 Å². The second-order valence-electron chi connectivity index (χ2n) is 4.03. The minimum Gasteiger partial charge on any atom is -0.331 e. The van der Waals surface area contributed by atoms with Crippen LogP contribution < -0.4 is 10.7 Å². The second kappa shape index (κ2) is 6.10. The average molecular weight is 273 g/mol. The lowest BCUT2D eigenvalue weighted by Crippen LogP contribution is -2.23. The van der Waals surface area contributed by atoms with Crippen LogP contribution in [0.4, 0.5) is 5.69 Å². The molecule has 0 fully saturated rings. The predicted molar refractivity (Wildman–Crippen MR) is 81.3 cm³/mol. The maximum atomic E-state index is 5.13. The molecule has 0 saturated carbocycles. The van der Waals surface area contributed by atoms with Crippen molar-refractivity contribution in [1.82, 2.24) is 15.2 Å². The van der Waals surface area contributed by atoms with Gasteiger partial charge in [0, 0.05) is 24.5 Å². The first-order valence-corrected chi connectivity index (χ1v) is 6.21. The van der Waals surface area contributed by atoms with E-state index >= 15 is 0 Å². The molecule has 19 heavy (non-hydrogen) atoms. The zero-order valence-corrected chi connectivity index (χ0v) is 11.6. The van der Waals surface area contributed by atoms with E-state index in [1.165, 1.54) is 0 Å². The average Bonchev–Trinajstić information content (AvgIpc) is 2.69. The van der Waals surface area contributed by atoms with Gasteiger partial charge in [-0.25, -0.2) is 0 Å². The van der Waals surface area contributed by atoms with Gasteiger partial charge in [-0.05, 0) is 31.3 Å². The van der Waals surface area contributed by atoms with Crippen LogP contribution in [-0.4, -0.2) is 21.1 Å². The normalized spacial score (nSPS) is 10.6. The number of hydrogen-bond acceptors (Lipinski definition) is 3. The maximum absolute atomic E-state index is 5.13. The number of nitrogens with one attached hydrogen (secondary N) is 2. The molecule has 1 heterocycles. The first-order chi connectivity index (χ1) is 9.15. The first-order valence-electron chi connectivity index (χ1n) is 5.80. The summed E-state index contributed by atoms with van der Waals surface area (Å²) in [6.07, 6.45) is 3.59. The summed E-state index contributed by atoms with van der Waals surface area (Å²) in [5, 5.41) is 11.8. The molecule has 98 valence electrons. The number of thiocarbonyl (C=S) groups is 1. The van der Waals surface area contributed by atoms with Crippen molar-refractivity contribution >= 4 is 29.2 Å². The summed E-state index contributed by atoms with van der Waals surface area (Å²) in [6.45, 7) is 1.93. The lowest BCUT2D eigenvalue weighted by atomic mass is 10.3. The number of benzene rings is 1. The third kappa shape index (κ3) is 3.89. The molecular weight excluding hydrogens is 258 g/mol. The minimum absolute atomic E-state index is 0.448. The van der Waals surface area contributed by atoms with Crippen LogP contribution in [0, 0.1) is 6.92 Å². The molecule has 5 nitrogen and oxygen atoms in total. The fourth-order valence-corrected chi connectivity index (χ4v) is 1.76. The monoisotopic (exact) mass is 273 g/mol. The van der Waals surface area contributed by atoms with Gasteiger partial charge in [0.25, 0.3) is 0 Å². The molecule has 2 N–H and O–H groups in total. The number of aromatic nitrogens is 2. The van der Waals surface area contributed by atoms with Crippen molar-refractivity contribution in [3.63, 3.8) is 0 Å². The first kappa shape index (κ1) is 13.2. The van der Waals surface area contributed by atoms with E-state index in [4.69, 9.17) is 12.2 Å². The summed E-state index contributed by atoms with van der Waals surface area (Å²) in [5.41, 5.74) is 5.57. The van der Waals surface area contributed by atoms with Crippen LogP contribution >= 0.6 is 12.2 Å². The lowest BCUT2D eigenvalue weighted by molar-refractivity contribution is 0.756. The lowest BCUT2D eigenvalue weighted by Gasteiger charge is -2.05. The number of hydrogen-bond donors (Lipinski definition) is 2. The number of rotatable bonds is 3. The topological polar surface area (TPSA) is 54.2 Å². The standard InChI is InChI=1S/C13H15N5S/c1-10-11(9-18(2)17-10)8-14-16-13(19)15-12-6-4-3-5-7-12/h3-9H,1-2H3,(H2,15,16,19)/b14-8-. The molecule has 0 unspecified atom stereocenters. The molecule has 6 heteroatoms. The number of anilines is 1. The Hall–Kier alpha value is -2.21. The Bertz CT molecular complexity index is 588. The third-order valence-electron chi connectivity index (χ3n) is 2.45. The molecule has 0 radical (unpaired) electrons. The molecule has 0 amide bonds. The van der Waals surface area contributed by atoms with Crippen LogP contribution in [0.5, 0.6) is 0 Å². The summed E-state index contributed by atoms with van der Waals surface area (Å²) in [5.74, 6) is 0. The highest BCUT2D eigenvalue weighted by molar-refractivity contribution is 7.80. The van der Waals surface area contributed by atoms with Crippen molar-refractivity contribution in [3.05, 3.63) is 47.8 Å². The molecular formula is C13H15N5S. The zero-order valence-electron chi connectivity index (χ0n) is 10.8. The Labute approximate surface area is 117 Å². The van der Waals surface area contributed by atoms with Crippen LogP contribution in [0.15, 0.2) is 41.6 Å². The molecule has 0 aliphatic rings. The van der Waals surface area contributed by atoms with Crippen LogP contribution in [0.1, 0.15) is 11.3 Å². The molecule has 0 spiro atoms. The smallest absolute Gasteiger partial charge is 0.191 e. The van der Waals surface area contributed by atoms with E-state index in [2.05, 4.69) is 20.9 Å². The maximum Gasteiger partial charge on any atom is 0.191 e. The van der Waals surface area contributed by atoms with Gasteiger partial charge in [-0.3, -0.25) is 10.1 Å². The van der Waals surface area contributed by atoms with Gasteiger partial charge in [-0.2, -0.15) is 10.2 Å². The van der Waals surface area contributed by atoms with Crippen LogP contribution in [0.2, 0.25) is 0 Å². The van der Waals surface area contributed by atoms with Crippen LogP contribution in [0.3, 0.4) is 0 Å². The van der Waals surface area contributed by atoms with Gasteiger partial charge in [-0.15, -0.1) is 0 Å². The highest BCUT2D eigenvalue weighted by Crippen LogP contribution is 2.04. The van der Waals surface area contributed by atoms with Crippen molar-refractivity contribution < 1.29 is 0 Å². The molecule has 0 saturated heterocycles. The number of para-hydroxylation sites is 1. The molecule has 2 rings (SSSR count). The van der Waals surface area contributed by atoms with Crippen molar-refractivity contribution in [1.29, 1.82) is 0 Å². The van der Waals surface area contributed by atoms with E-state index < -0.39 is 0 Å². The van der Waals surface area contributed by atoms with Gasteiger partial charge < -0.3 is 5.32 Å². The van der Waals surface area contributed by atoms with E-state index in [9.17, 15) is 0 Å². The van der Waals surface area contributed by atoms with Gasteiger partial charge in [0.05, 0.1) is 11.9 Å².